The first-order valence-corrected chi connectivity index (χ1v) is 10.5. The fourth-order valence-corrected chi connectivity index (χ4v) is 4.04. The minimum atomic E-state index is -0.216. The second kappa shape index (κ2) is 9.68. The van der Waals surface area contributed by atoms with Crippen molar-refractivity contribution in [3.05, 3.63) is 57.0 Å². The molecule has 0 atom stereocenters. The molecule has 1 aromatic carbocycles. The van der Waals surface area contributed by atoms with Crippen molar-refractivity contribution in [2.24, 2.45) is 4.99 Å². The van der Waals surface area contributed by atoms with Crippen molar-refractivity contribution in [1.29, 1.82) is 0 Å². The lowest BCUT2D eigenvalue weighted by molar-refractivity contribution is -0.131. The van der Waals surface area contributed by atoms with E-state index < -0.39 is 0 Å². The van der Waals surface area contributed by atoms with Crippen molar-refractivity contribution in [2.75, 3.05) is 19.6 Å². The van der Waals surface area contributed by atoms with Crippen LogP contribution in [-0.4, -0.2) is 36.4 Å². The summed E-state index contributed by atoms with van der Waals surface area (Å²) >= 11 is 1.77. The van der Waals surface area contributed by atoms with Gasteiger partial charge in [0.05, 0.1) is 6.54 Å². The zero-order valence-corrected chi connectivity index (χ0v) is 17.2. The Labute approximate surface area is 169 Å². The van der Waals surface area contributed by atoms with Crippen molar-refractivity contribution in [3.8, 4) is 0 Å². The number of carbonyl (C=O) groups excluding carboxylic acids is 1. The smallest absolute Gasteiger partial charge is 0.224 e. The van der Waals surface area contributed by atoms with E-state index in [9.17, 15) is 9.18 Å². The third kappa shape index (κ3) is 5.32. The number of carbonyl (C=O) groups is 1. The highest BCUT2D eigenvalue weighted by Gasteiger charge is 2.20. The molecule has 1 amide bonds. The molecule has 2 heterocycles. The summed E-state index contributed by atoms with van der Waals surface area (Å²) in [6, 6.07) is 7.27. The average molecular weight is 403 g/mol. The molecule has 3 rings (SSSR count). The van der Waals surface area contributed by atoms with Crippen LogP contribution in [0.4, 0.5) is 4.39 Å². The van der Waals surface area contributed by atoms with E-state index in [4.69, 9.17) is 0 Å². The van der Waals surface area contributed by atoms with E-state index >= 15 is 0 Å². The molecular weight excluding hydrogens is 375 g/mol. The number of aryl methyl sites for hydroxylation is 1. The second-order valence-electron chi connectivity index (χ2n) is 6.89. The number of nitrogens with zero attached hydrogens (tertiary/aromatic N) is 2. The third-order valence-electron chi connectivity index (χ3n) is 4.79. The maximum Gasteiger partial charge on any atom is 0.224 e. The first-order valence-electron chi connectivity index (χ1n) is 9.67. The van der Waals surface area contributed by atoms with Crippen molar-refractivity contribution in [2.45, 2.75) is 39.8 Å². The Balaban J connectivity index is 1.49. The van der Waals surface area contributed by atoms with Gasteiger partial charge in [-0.25, -0.2) is 9.38 Å². The molecule has 0 unspecified atom stereocenters. The molecule has 0 fully saturated rings. The summed E-state index contributed by atoms with van der Waals surface area (Å²) in [7, 11) is 0. The number of nitrogens with one attached hydrogen (secondary N) is 2. The lowest BCUT2D eigenvalue weighted by Gasteiger charge is -2.27. The monoisotopic (exact) mass is 402 g/mol. The van der Waals surface area contributed by atoms with Crippen LogP contribution >= 0.6 is 11.3 Å². The minimum Gasteiger partial charge on any atom is -0.357 e. The summed E-state index contributed by atoms with van der Waals surface area (Å²) in [5, 5.41) is 8.46. The van der Waals surface area contributed by atoms with Gasteiger partial charge in [0, 0.05) is 37.5 Å². The van der Waals surface area contributed by atoms with Gasteiger partial charge >= 0.3 is 0 Å². The van der Waals surface area contributed by atoms with E-state index in [-0.39, 0.29) is 11.7 Å². The van der Waals surface area contributed by atoms with Gasteiger partial charge in [0.2, 0.25) is 5.91 Å². The molecule has 0 spiro atoms. The number of benzene rings is 1. The lowest BCUT2D eigenvalue weighted by atomic mass is 10.1. The van der Waals surface area contributed by atoms with Crippen LogP contribution in [0.3, 0.4) is 0 Å². The Morgan fingerprint density at radius 3 is 2.96 bits per heavy atom. The molecule has 0 saturated carbocycles. The fraction of sp³-hybridized carbons (Fsp3) is 0.429. The van der Waals surface area contributed by atoms with Crippen LogP contribution in [0.15, 0.2) is 34.6 Å². The highest BCUT2D eigenvalue weighted by Crippen LogP contribution is 2.24. The summed E-state index contributed by atoms with van der Waals surface area (Å²) in [5.41, 5.74) is 2.72. The predicted octanol–water partition coefficient (Wildman–Crippen LogP) is 3.23. The van der Waals surface area contributed by atoms with Gasteiger partial charge in [-0.05, 0) is 54.5 Å². The first kappa shape index (κ1) is 20.3. The Morgan fingerprint density at radius 2 is 2.18 bits per heavy atom. The largest absolute Gasteiger partial charge is 0.357 e. The Bertz CT molecular complexity index is 849. The normalized spacial score (nSPS) is 14.0. The topological polar surface area (TPSA) is 56.7 Å². The maximum absolute atomic E-state index is 13.7. The van der Waals surface area contributed by atoms with Gasteiger partial charge in [0.15, 0.2) is 5.96 Å². The molecule has 5 nitrogen and oxygen atoms in total. The van der Waals surface area contributed by atoms with Gasteiger partial charge in [0.25, 0.3) is 0 Å². The molecule has 0 saturated heterocycles. The highest BCUT2D eigenvalue weighted by molar-refractivity contribution is 7.10. The minimum absolute atomic E-state index is 0.154. The first-order chi connectivity index (χ1) is 13.6. The number of aliphatic imine (C=N–C) groups is 1. The Morgan fingerprint density at radius 1 is 1.32 bits per heavy atom. The standard InChI is InChI=1S/C21H27FN4OS/c1-3-23-21(25-13-16-5-4-15(2)18(22)12-16)24-9-6-20(27)26-10-7-19-17(14-26)8-11-28-19/h4-5,8,11-12H,3,6-7,9-10,13-14H2,1-2H3,(H2,23,24,25). The highest BCUT2D eigenvalue weighted by atomic mass is 32.1. The van der Waals surface area contributed by atoms with Gasteiger partial charge in [-0.15, -0.1) is 11.3 Å². The molecule has 2 aromatic rings. The van der Waals surface area contributed by atoms with Gasteiger partial charge in [-0.2, -0.15) is 0 Å². The SMILES string of the molecule is CCNC(=NCc1ccc(C)c(F)c1)NCCC(=O)N1CCc2sccc2C1. The maximum atomic E-state index is 13.7. The summed E-state index contributed by atoms with van der Waals surface area (Å²) in [6.45, 7) is 6.85. The van der Waals surface area contributed by atoms with Gasteiger partial charge in [-0.1, -0.05) is 12.1 Å². The Hall–Kier alpha value is -2.41. The van der Waals surface area contributed by atoms with Gasteiger partial charge in [-0.3, -0.25) is 4.79 Å². The number of amides is 1. The van der Waals surface area contributed by atoms with E-state index in [1.54, 1.807) is 24.3 Å². The van der Waals surface area contributed by atoms with E-state index in [2.05, 4.69) is 27.1 Å². The van der Waals surface area contributed by atoms with E-state index in [0.29, 0.717) is 37.6 Å². The summed E-state index contributed by atoms with van der Waals surface area (Å²) < 4.78 is 13.7. The molecule has 150 valence electrons. The van der Waals surface area contributed by atoms with Crippen LogP contribution in [0.5, 0.6) is 0 Å². The van der Waals surface area contributed by atoms with Gasteiger partial charge in [0.1, 0.15) is 5.82 Å². The van der Waals surface area contributed by atoms with Crippen LogP contribution in [0, 0.1) is 12.7 Å². The molecule has 0 radical (unpaired) electrons. The molecule has 0 aliphatic carbocycles. The Kier molecular flexibility index (Phi) is 7.03. The summed E-state index contributed by atoms with van der Waals surface area (Å²) in [4.78, 5) is 20.3. The molecule has 1 aliphatic heterocycles. The second-order valence-corrected chi connectivity index (χ2v) is 7.89. The van der Waals surface area contributed by atoms with Crippen LogP contribution < -0.4 is 10.6 Å². The summed E-state index contributed by atoms with van der Waals surface area (Å²) in [6.07, 6.45) is 1.37. The number of guanidine groups is 1. The van der Waals surface area contributed by atoms with Crippen LogP contribution in [0.2, 0.25) is 0 Å². The fourth-order valence-electron chi connectivity index (χ4n) is 3.15. The average Bonchev–Trinajstić information content (AvgIpc) is 3.16. The van der Waals surface area contributed by atoms with E-state index in [0.717, 1.165) is 25.1 Å². The van der Waals surface area contributed by atoms with E-state index in [1.165, 1.54) is 16.5 Å². The predicted molar refractivity (Wildman–Crippen MR) is 112 cm³/mol. The van der Waals surface area contributed by atoms with Crippen molar-refractivity contribution >= 4 is 23.2 Å². The number of fused-ring (bicyclic) bond motifs is 1. The molecule has 7 heteroatoms. The van der Waals surface area contributed by atoms with Crippen LogP contribution in [0.25, 0.3) is 0 Å². The van der Waals surface area contributed by atoms with Crippen LogP contribution in [0.1, 0.15) is 34.9 Å². The van der Waals surface area contributed by atoms with Crippen molar-refractivity contribution < 1.29 is 9.18 Å². The van der Waals surface area contributed by atoms with Crippen molar-refractivity contribution in [1.82, 2.24) is 15.5 Å². The molecule has 0 bridgehead atoms. The number of hydrogen-bond acceptors (Lipinski definition) is 3. The van der Waals surface area contributed by atoms with Gasteiger partial charge < -0.3 is 15.5 Å². The van der Waals surface area contributed by atoms with E-state index in [1.807, 2.05) is 17.9 Å². The number of hydrogen-bond donors (Lipinski definition) is 2. The molecule has 1 aromatic heterocycles. The molecule has 2 N–H and O–H groups in total. The third-order valence-corrected chi connectivity index (χ3v) is 5.81. The molecular formula is C21H27FN4OS. The zero-order valence-electron chi connectivity index (χ0n) is 16.4. The zero-order chi connectivity index (χ0) is 19.9. The number of halogens is 1. The quantitative estimate of drug-likeness (QED) is 0.576. The number of rotatable bonds is 6. The van der Waals surface area contributed by atoms with Crippen molar-refractivity contribution in [3.63, 3.8) is 0 Å². The van der Waals surface area contributed by atoms with Crippen LogP contribution in [-0.2, 0) is 24.3 Å². The summed E-state index contributed by atoms with van der Waals surface area (Å²) in [5.74, 6) is 0.572. The molecule has 1 aliphatic rings. The molecule has 28 heavy (non-hydrogen) atoms. The number of thiophene rings is 1. The lowest BCUT2D eigenvalue weighted by Crippen LogP contribution is -2.41.